The fraction of sp³-hybridized carbons (Fsp3) is 0.462. The smallest absolute Gasteiger partial charge is 0.223 e. The Labute approximate surface area is 101 Å². The minimum absolute atomic E-state index is 0.0915. The molecule has 0 aliphatic carbocycles. The average Bonchev–Trinajstić information content (AvgIpc) is 2.29. The highest BCUT2D eigenvalue weighted by atomic mass is 19.1. The predicted molar refractivity (Wildman–Crippen MR) is 65.8 cm³/mol. The highest BCUT2D eigenvalue weighted by Crippen LogP contribution is 2.16. The molecule has 0 spiro atoms. The monoisotopic (exact) mass is 238 g/mol. The van der Waals surface area contributed by atoms with E-state index in [2.05, 4.69) is 5.32 Å². The van der Waals surface area contributed by atoms with Crippen molar-refractivity contribution < 1.29 is 9.18 Å². The quantitative estimate of drug-likeness (QED) is 0.824. The van der Waals surface area contributed by atoms with Crippen molar-refractivity contribution in [2.45, 2.75) is 26.3 Å². The van der Waals surface area contributed by atoms with Crippen LogP contribution in [0.15, 0.2) is 24.3 Å². The van der Waals surface area contributed by atoms with Gasteiger partial charge in [0.15, 0.2) is 0 Å². The topological polar surface area (TPSA) is 55.1 Å². The zero-order valence-corrected chi connectivity index (χ0v) is 10.2. The molecule has 17 heavy (non-hydrogen) atoms. The number of hydrogen-bond donors (Lipinski definition) is 2. The molecule has 0 fully saturated rings. The van der Waals surface area contributed by atoms with Crippen LogP contribution in [-0.2, 0) is 4.79 Å². The normalized spacial score (nSPS) is 14.1. The van der Waals surface area contributed by atoms with Gasteiger partial charge in [-0.1, -0.05) is 25.1 Å². The number of carbonyl (C=O) groups is 1. The van der Waals surface area contributed by atoms with Crippen molar-refractivity contribution in [3.05, 3.63) is 35.6 Å². The summed E-state index contributed by atoms with van der Waals surface area (Å²) in [4.78, 5) is 11.7. The van der Waals surface area contributed by atoms with E-state index in [1.807, 2.05) is 6.92 Å². The Kier molecular flexibility index (Phi) is 5.10. The maximum Gasteiger partial charge on any atom is 0.223 e. The van der Waals surface area contributed by atoms with E-state index in [9.17, 15) is 9.18 Å². The van der Waals surface area contributed by atoms with Gasteiger partial charge in [0, 0.05) is 11.5 Å². The summed E-state index contributed by atoms with van der Waals surface area (Å²) in [5, 5.41) is 2.79. The fourth-order valence-corrected chi connectivity index (χ4v) is 1.64. The minimum atomic E-state index is -0.330. The Morgan fingerprint density at radius 2 is 2.06 bits per heavy atom. The average molecular weight is 238 g/mol. The van der Waals surface area contributed by atoms with Gasteiger partial charge in [0.05, 0.1) is 6.04 Å². The molecule has 1 aromatic carbocycles. The molecule has 0 saturated heterocycles. The first kappa shape index (κ1) is 13.6. The van der Waals surface area contributed by atoms with Gasteiger partial charge < -0.3 is 11.1 Å². The van der Waals surface area contributed by atoms with Crippen LogP contribution in [0, 0.1) is 11.7 Å². The Hall–Kier alpha value is -1.42. The molecule has 0 bridgehead atoms. The predicted octanol–water partition coefficient (Wildman–Crippen LogP) is 1.99. The number of nitrogens with one attached hydrogen (secondary N) is 1. The van der Waals surface area contributed by atoms with E-state index in [-0.39, 0.29) is 23.7 Å². The van der Waals surface area contributed by atoms with Crippen molar-refractivity contribution >= 4 is 5.91 Å². The number of benzene rings is 1. The molecule has 0 aliphatic heterocycles. The molecule has 0 aliphatic rings. The van der Waals surface area contributed by atoms with Gasteiger partial charge in [-0.05, 0) is 26.0 Å². The van der Waals surface area contributed by atoms with E-state index in [0.29, 0.717) is 18.5 Å². The zero-order chi connectivity index (χ0) is 12.8. The van der Waals surface area contributed by atoms with Gasteiger partial charge in [-0.15, -0.1) is 0 Å². The third-order valence-corrected chi connectivity index (χ3v) is 2.78. The standard InChI is InChI=1S/C13H19FN2O/c1-9(7-8-15)13(17)16-10(2)11-5-3-4-6-12(11)14/h3-6,9-10H,7-8,15H2,1-2H3,(H,16,17)/t9?,10-/m1/s1. The summed E-state index contributed by atoms with van der Waals surface area (Å²) in [6.07, 6.45) is 0.635. The van der Waals surface area contributed by atoms with Crippen LogP contribution < -0.4 is 11.1 Å². The SMILES string of the molecule is CC(CCN)C(=O)N[C@H](C)c1ccccc1F. The summed E-state index contributed by atoms with van der Waals surface area (Å²) in [5.41, 5.74) is 5.89. The van der Waals surface area contributed by atoms with Crippen molar-refractivity contribution in [2.75, 3.05) is 6.54 Å². The highest BCUT2D eigenvalue weighted by Gasteiger charge is 2.17. The second kappa shape index (κ2) is 6.35. The molecule has 2 atom stereocenters. The van der Waals surface area contributed by atoms with Crippen LogP contribution in [0.3, 0.4) is 0 Å². The molecule has 0 aromatic heterocycles. The van der Waals surface area contributed by atoms with Crippen LogP contribution in [-0.4, -0.2) is 12.5 Å². The van der Waals surface area contributed by atoms with Crippen LogP contribution >= 0.6 is 0 Å². The lowest BCUT2D eigenvalue weighted by atomic mass is 10.0. The van der Waals surface area contributed by atoms with Crippen molar-refractivity contribution in [1.82, 2.24) is 5.32 Å². The van der Waals surface area contributed by atoms with E-state index in [0.717, 1.165) is 0 Å². The van der Waals surface area contributed by atoms with Crippen LogP contribution in [0.2, 0.25) is 0 Å². The van der Waals surface area contributed by atoms with Crippen LogP contribution in [0.25, 0.3) is 0 Å². The molecule has 0 radical (unpaired) electrons. The summed E-state index contributed by atoms with van der Waals surface area (Å²) < 4.78 is 13.5. The molecule has 94 valence electrons. The molecule has 4 heteroatoms. The van der Waals surface area contributed by atoms with Crippen LogP contribution in [0.4, 0.5) is 4.39 Å². The molecule has 3 N–H and O–H groups in total. The fourth-order valence-electron chi connectivity index (χ4n) is 1.64. The first-order valence-electron chi connectivity index (χ1n) is 5.81. The van der Waals surface area contributed by atoms with Gasteiger partial charge in [0.1, 0.15) is 5.82 Å². The Morgan fingerprint density at radius 1 is 1.41 bits per heavy atom. The minimum Gasteiger partial charge on any atom is -0.349 e. The number of carbonyl (C=O) groups excluding carboxylic acids is 1. The number of amides is 1. The summed E-state index contributed by atoms with van der Waals surface area (Å²) in [6.45, 7) is 4.06. The Bertz CT molecular complexity index is 381. The van der Waals surface area contributed by atoms with Gasteiger partial charge in [0.2, 0.25) is 5.91 Å². The maximum absolute atomic E-state index is 13.5. The third-order valence-electron chi connectivity index (χ3n) is 2.78. The second-order valence-corrected chi connectivity index (χ2v) is 4.23. The highest BCUT2D eigenvalue weighted by molar-refractivity contribution is 5.78. The van der Waals surface area contributed by atoms with Gasteiger partial charge in [0.25, 0.3) is 0 Å². The number of nitrogens with two attached hydrogens (primary N) is 1. The van der Waals surface area contributed by atoms with Crippen molar-refractivity contribution in [1.29, 1.82) is 0 Å². The molecular formula is C13H19FN2O. The molecule has 1 unspecified atom stereocenters. The molecule has 0 heterocycles. The van der Waals surface area contributed by atoms with Crippen LogP contribution in [0.1, 0.15) is 31.9 Å². The van der Waals surface area contributed by atoms with E-state index in [1.165, 1.54) is 6.07 Å². The number of rotatable bonds is 5. The third kappa shape index (κ3) is 3.82. The molecule has 3 nitrogen and oxygen atoms in total. The largest absolute Gasteiger partial charge is 0.349 e. The molecular weight excluding hydrogens is 219 g/mol. The first-order valence-corrected chi connectivity index (χ1v) is 5.81. The van der Waals surface area contributed by atoms with E-state index in [1.54, 1.807) is 25.1 Å². The Balaban J connectivity index is 2.63. The van der Waals surface area contributed by atoms with Crippen LogP contribution in [0.5, 0.6) is 0 Å². The van der Waals surface area contributed by atoms with Crippen molar-refractivity contribution in [2.24, 2.45) is 11.7 Å². The lowest BCUT2D eigenvalue weighted by molar-refractivity contribution is -0.125. The Morgan fingerprint density at radius 3 is 2.65 bits per heavy atom. The lowest BCUT2D eigenvalue weighted by Crippen LogP contribution is -2.32. The molecule has 1 amide bonds. The summed E-state index contributed by atoms with van der Waals surface area (Å²) in [5.74, 6) is -0.535. The first-order chi connectivity index (χ1) is 8.06. The maximum atomic E-state index is 13.5. The lowest BCUT2D eigenvalue weighted by Gasteiger charge is -2.18. The van der Waals surface area contributed by atoms with Gasteiger partial charge in [-0.25, -0.2) is 4.39 Å². The summed E-state index contributed by atoms with van der Waals surface area (Å²) in [7, 11) is 0. The van der Waals surface area contributed by atoms with Crippen molar-refractivity contribution in [3.63, 3.8) is 0 Å². The second-order valence-electron chi connectivity index (χ2n) is 4.23. The zero-order valence-electron chi connectivity index (χ0n) is 10.2. The summed E-state index contributed by atoms with van der Waals surface area (Å²) >= 11 is 0. The van der Waals surface area contributed by atoms with E-state index in [4.69, 9.17) is 5.73 Å². The van der Waals surface area contributed by atoms with Gasteiger partial charge in [-0.3, -0.25) is 4.79 Å². The number of halogens is 1. The molecule has 0 saturated carbocycles. The van der Waals surface area contributed by atoms with E-state index >= 15 is 0 Å². The van der Waals surface area contributed by atoms with Gasteiger partial charge in [-0.2, -0.15) is 0 Å². The van der Waals surface area contributed by atoms with Crippen molar-refractivity contribution in [3.8, 4) is 0 Å². The number of hydrogen-bond acceptors (Lipinski definition) is 2. The summed E-state index contributed by atoms with van der Waals surface area (Å²) in [6, 6.07) is 6.12. The molecule has 1 aromatic rings. The van der Waals surface area contributed by atoms with Gasteiger partial charge >= 0.3 is 0 Å². The van der Waals surface area contributed by atoms with E-state index < -0.39 is 0 Å². The molecule has 1 rings (SSSR count).